The Hall–Kier alpha value is -4.16. The number of nitrogens with two attached hydrogens (primary N) is 2. The molecule has 13 heteroatoms. The van der Waals surface area contributed by atoms with Crippen LogP contribution in [-0.2, 0) is 14.3 Å². The van der Waals surface area contributed by atoms with Crippen molar-refractivity contribution >= 4 is 35.1 Å². The summed E-state index contributed by atoms with van der Waals surface area (Å²) >= 11 is 0. The molecule has 0 bridgehead atoms. The number of amides is 1. The van der Waals surface area contributed by atoms with Crippen molar-refractivity contribution in [3.8, 4) is 5.88 Å². The van der Waals surface area contributed by atoms with Gasteiger partial charge in [-0.05, 0) is 33.8 Å². The Balaban J connectivity index is 1.74. The maximum absolute atomic E-state index is 12.2. The first-order chi connectivity index (χ1) is 16.2. The van der Waals surface area contributed by atoms with Gasteiger partial charge >= 0.3 is 11.9 Å². The van der Waals surface area contributed by atoms with E-state index in [9.17, 15) is 9.59 Å². The number of carbonyl (C=O) groups excluding carboxylic acids is 2. The van der Waals surface area contributed by atoms with Gasteiger partial charge in [0.2, 0.25) is 17.8 Å². The number of carbonyl (C=O) groups is 2. The number of fused-ring (bicyclic) bond motifs is 1. The molecule has 4 N–H and O–H groups in total. The standard InChI is InChI=1S/C21H27N9O4/c1-5-33-15-7-6-14(12(3)25-15)29-9-8-28(13(4)18(29)34-19(32)16(22)31)21-27-20(23)26-17-11(2)10-24-30(17)21/h6-7,10,13,18H,5,8-9H2,1-4H3,(H2,22,31)(H2,23,26)/t13-,18?/m0/s1. The van der Waals surface area contributed by atoms with Gasteiger partial charge in [0, 0.05) is 24.7 Å². The Bertz CT molecular complexity index is 1240. The summed E-state index contributed by atoms with van der Waals surface area (Å²) in [7, 11) is 0. The molecule has 13 nitrogen and oxygen atoms in total. The fourth-order valence-electron chi connectivity index (χ4n) is 4.07. The van der Waals surface area contributed by atoms with Crippen LogP contribution >= 0.6 is 0 Å². The minimum absolute atomic E-state index is 0.0953. The lowest BCUT2D eigenvalue weighted by Crippen LogP contribution is -2.61. The second-order valence-electron chi connectivity index (χ2n) is 7.92. The largest absolute Gasteiger partial charge is 0.478 e. The molecule has 1 fully saturated rings. The summed E-state index contributed by atoms with van der Waals surface area (Å²) < 4.78 is 12.6. The molecule has 4 rings (SSSR count). The van der Waals surface area contributed by atoms with Gasteiger partial charge in [0.05, 0.1) is 30.2 Å². The maximum atomic E-state index is 12.2. The summed E-state index contributed by atoms with van der Waals surface area (Å²) in [6, 6.07) is 3.13. The Kier molecular flexibility index (Phi) is 6.09. The first kappa shape index (κ1) is 23.0. The predicted molar refractivity (Wildman–Crippen MR) is 123 cm³/mol. The average Bonchev–Trinajstić information content (AvgIpc) is 3.15. The smallest absolute Gasteiger partial charge is 0.398 e. The van der Waals surface area contributed by atoms with Gasteiger partial charge in [0.15, 0.2) is 11.9 Å². The third-order valence-electron chi connectivity index (χ3n) is 5.66. The number of aryl methyl sites for hydroxylation is 2. The number of esters is 1. The minimum atomic E-state index is -1.18. The van der Waals surface area contributed by atoms with Crippen molar-refractivity contribution in [1.29, 1.82) is 0 Å². The number of hydrogen-bond donors (Lipinski definition) is 2. The molecule has 0 radical (unpaired) electrons. The number of hydrogen-bond acceptors (Lipinski definition) is 11. The highest BCUT2D eigenvalue weighted by atomic mass is 16.6. The van der Waals surface area contributed by atoms with Crippen molar-refractivity contribution < 1.29 is 19.1 Å². The van der Waals surface area contributed by atoms with E-state index in [1.54, 1.807) is 16.8 Å². The van der Waals surface area contributed by atoms with Gasteiger partial charge < -0.3 is 30.7 Å². The fourth-order valence-corrected chi connectivity index (χ4v) is 4.07. The van der Waals surface area contributed by atoms with Crippen LogP contribution in [-0.4, -0.2) is 68.4 Å². The number of anilines is 3. The summed E-state index contributed by atoms with van der Waals surface area (Å²) in [6.45, 7) is 8.84. The zero-order valence-electron chi connectivity index (χ0n) is 19.4. The molecule has 0 aliphatic carbocycles. The summed E-state index contributed by atoms with van der Waals surface area (Å²) in [5, 5.41) is 4.38. The summed E-state index contributed by atoms with van der Waals surface area (Å²) in [5.74, 6) is -1.28. The van der Waals surface area contributed by atoms with E-state index < -0.39 is 24.1 Å². The summed E-state index contributed by atoms with van der Waals surface area (Å²) in [4.78, 5) is 40.7. The Morgan fingerprint density at radius 3 is 2.56 bits per heavy atom. The molecule has 1 saturated heterocycles. The van der Waals surface area contributed by atoms with Crippen molar-refractivity contribution in [2.75, 3.05) is 35.2 Å². The van der Waals surface area contributed by atoms with Crippen LogP contribution in [0.25, 0.3) is 5.65 Å². The van der Waals surface area contributed by atoms with Crippen molar-refractivity contribution in [2.24, 2.45) is 5.73 Å². The van der Waals surface area contributed by atoms with E-state index in [-0.39, 0.29) is 5.95 Å². The quantitative estimate of drug-likeness (QED) is 0.386. The van der Waals surface area contributed by atoms with Gasteiger partial charge in [-0.25, -0.2) is 9.78 Å². The van der Waals surface area contributed by atoms with Crippen LogP contribution < -0.4 is 26.0 Å². The van der Waals surface area contributed by atoms with Crippen LogP contribution in [0.2, 0.25) is 0 Å². The highest BCUT2D eigenvalue weighted by molar-refractivity contribution is 6.31. The lowest BCUT2D eigenvalue weighted by atomic mass is 10.1. The van der Waals surface area contributed by atoms with Crippen LogP contribution in [0.3, 0.4) is 0 Å². The van der Waals surface area contributed by atoms with Crippen LogP contribution in [0, 0.1) is 13.8 Å². The predicted octanol–water partition coefficient (Wildman–Crippen LogP) is 0.187. The van der Waals surface area contributed by atoms with E-state index >= 15 is 0 Å². The molecule has 3 aromatic heterocycles. The molecule has 0 spiro atoms. The van der Waals surface area contributed by atoms with E-state index in [0.717, 1.165) is 11.3 Å². The van der Waals surface area contributed by atoms with Crippen molar-refractivity contribution in [3.05, 3.63) is 29.6 Å². The van der Waals surface area contributed by atoms with Gasteiger partial charge in [0.1, 0.15) is 0 Å². The Labute approximate surface area is 195 Å². The number of aromatic nitrogens is 5. The summed E-state index contributed by atoms with van der Waals surface area (Å²) in [6.07, 6.45) is 0.794. The van der Waals surface area contributed by atoms with Crippen LogP contribution in [0.4, 0.5) is 17.6 Å². The second kappa shape index (κ2) is 9.00. The topological polar surface area (TPSA) is 167 Å². The van der Waals surface area contributed by atoms with Gasteiger partial charge in [-0.1, -0.05) is 0 Å². The molecular weight excluding hydrogens is 442 g/mol. The first-order valence-electron chi connectivity index (χ1n) is 10.8. The fraction of sp³-hybridized carbons (Fsp3) is 0.429. The summed E-state index contributed by atoms with van der Waals surface area (Å²) in [5.41, 5.74) is 14.0. The molecule has 2 atom stereocenters. The van der Waals surface area contributed by atoms with E-state index in [0.29, 0.717) is 42.9 Å². The SMILES string of the molecule is CCOc1ccc(N2CCN(c3nc(N)nc4c(C)cnn34)[C@@H](C)C2OC(=O)C(N)=O)c(C)n1. The molecule has 180 valence electrons. The third kappa shape index (κ3) is 4.11. The van der Waals surface area contributed by atoms with Crippen LogP contribution in [0.1, 0.15) is 25.1 Å². The van der Waals surface area contributed by atoms with E-state index in [2.05, 4.69) is 20.1 Å². The second-order valence-corrected chi connectivity index (χ2v) is 7.92. The molecule has 0 saturated carbocycles. The number of ether oxygens (including phenoxy) is 2. The number of piperazine rings is 1. The molecule has 4 heterocycles. The van der Waals surface area contributed by atoms with Crippen LogP contribution in [0.5, 0.6) is 5.88 Å². The molecule has 1 aliphatic rings. The lowest BCUT2D eigenvalue weighted by Gasteiger charge is -2.46. The lowest BCUT2D eigenvalue weighted by molar-refractivity contribution is -0.158. The average molecular weight is 470 g/mol. The van der Waals surface area contributed by atoms with Crippen LogP contribution in [0.15, 0.2) is 18.3 Å². The normalized spacial score (nSPS) is 18.2. The number of pyridine rings is 1. The molecule has 1 unspecified atom stereocenters. The Morgan fingerprint density at radius 2 is 1.88 bits per heavy atom. The van der Waals surface area contributed by atoms with Gasteiger partial charge in [0.25, 0.3) is 0 Å². The molecule has 0 aromatic carbocycles. The van der Waals surface area contributed by atoms with Gasteiger partial charge in [-0.2, -0.15) is 19.6 Å². The Morgan fingerprint density at radius 1 is 1.15 bits per heavy atom. The molecule has 3 aromatic rings. The number of primary amides is 1. The number of nitrogens with zero attached hydrogens (tertiary/aromatic N) is 7. The maximum Gasteiger partial charge on any atom is 0.398 e. The van der Waals surface area contributed by atoms with Crippen molar-refractivity contribution in [3.63, 3.8) is 0 Å². The van der Waals surface area contributed by atoms with E-state index in [1.807, 2.05) is 43.6 Å². The first-order valence-corrected chi connectivity index (χ1v) is 10.8. The van der Waals surface area contributed by atoms with Crippen molar-refractivity contribution in [1.82, 2.24) is 24.6 Å². The van der Waals surface area contributed by atoms with Crippen molar-refractivity contribution in [2.45, 2.75) is 40.0 Å². The molecular formula is C21H27N9O4. The van der Waals surface area contributed by atoms with E-state index in [1.165, 1.54) is 0 Å². The minimum Gasteiger partial charge on any atom is -0.478 e. The highest BCUT2D eigenvalue weighted by Crippen LogP contribution is 2.31. The monoisotopic (exact) mass is 469 g/mol. The van der Waals surface area contributed by atoms with E-state index in [4.69, 9.17) is 20.9 Å². The molecule has 1 amide bonds. The molecule has 1 aliphatic heterocycles. The zero-order chi connectivity index (χ0) is 24.6. The van der Waals surface area contributed by atoms with Gasteiger partial charge in [-0.15, -0.1) is 0 Å². The number of rotatable bonds is 5. The zero-order valence-corrected chi connectivity index (χ0v) is 19.4. The molecule has 34 heavy (non-hydrogen) atoms. The highest BCUT2D eigenvalue weighted by Gasteiger charge is 2.40. The van der Waals surface area contributed by atoms with Gasteiger partial charge in [-0.3, -0.25) is 4.79 Å². The third-order valence-corrected chi connectivity index (χ3v) is 5.66. The number of nitrogen functional groups attached to an aromatic ring is 1.